The summed E-state index contributed by atoms with van der Waals surface area (Å²) in [4.78, 5) is 10.0. The largest absolute Gasteiger partial charge is 0.303 e. The molecule has 0 N–H and O–H groups in total. The molecule has 13 heavy (non-hydrogen) atoms. The van der Waals surface area contributed by atoms with Crippen molar-refractivity contribution in [3.05, 3.63) is 12.2 Å². The molecule has 0 aromatic carbocycles. The van der Waals surface area contributed by atoms with Gasteiger partial charge in [0.25, 0.3) is 0 Å². The van der Waals surface area contributed by atoms with E-state index in [1.807, 2.05) is 0 Å². The lowest BCUT2D eigenvalue weighted by atomic mass is 10.2. The molecule has 0 fully saturated rings. The Kier molecular flexibility index (Phi) is 6.87. The summed E-state index contributed by atoms with van der Waals surface area (Å²) in [6.45, 7) is 7.14. The SMILES string of the molecule is C[Si](C)(C)C/C=C/CCCCC=O. The Labute approximate surface area is 83.2 Å². The Morgan fingerprint density at radius 3 is 2.15 bits per heavy atom. The highest BCUT2D eigenvalue weighted by Gasteiger charge is 2.08. The van der Waals surface area contributed by atoms with Gasteiger partial charge in [-0.2, -0.15) is 0 Å². The Balaban J connectivity index is 3.27. The van der Waals surface area contributed by atoms with E-state index >= 15 is 0 Å². The van der Waals surface area contributed by atoms with E-state index in [9.17, 15) is 4.79 Å². The standard InChI is InChI=1S/C11H22OSi/c1-13(2,3)11-9-7-5-4-6-8-10-12/h7,9-10H,4-6,8,11H2,1-3H3/b9-7+. The third-order valence-electron chi connectivity index (χ3n) is 1.84. The van der Waals surface area contributed by atoms with Crippen LogP contribution in [-0.2, 0) is 4.79 Å². The summed E-state index contributed by atoms with van der Waals surface area (Å²) in [5.74, 6) is 0. The maximum atomic E-state index is 10.0. The normalized spacial score (nSPS) is 12.2. The molecule has 76 valence electrons. The van der Waals surface area contributed by atoms with Gasteiger partial charge in [-0.25, -0.2) is 0 Å². The van der Waals surface area contributed by atoms with Crippen LogP contribution in [0.15, 0.2) is 12.2 Å². The fourth-order valence-electron chi connectivity index (χ4n) is 1.04. The van der Waals surface area contributed by atoms with E-state index in [-0.39, 0.29) is 0 Å². The van der Waals surface area contributed by atoms with Gasteiger partial charge in [0.2, 0.25) is 0 Å². The fraction of sp³-hybridized carbons (Fsp3) is 0.727. The molecule has 2 heteroatoms. The third-order valence-corrected chi connectivity index (χ3v) is 3.30. The van der Waals surface area contributed by atoms with Crippen LogP contribution in [0.5, 0.6) is 0 Å². The smallest absolute Gasteiger partial charge is 0.119 e. The zero-order valence-corrected chi connectivity index (χ0v) is 10.2. The van der Waals surface area contributed by atoms with Crippen LogP contribution in [0.3, 0.4) is 0 Å². The molecule has 0 aromatic rings. The minimum absolute atomic E-state index is 0.724. The summed E-state index contributed by atoms with van der Waals surface area (Å²) in [6, 6.07) is 1.28. The first-order chi connectivity index (χ1) is 6.06. The molecule has 0 amide bonds. The summed E-state index contributed by atoms with van der Waals surface area (Å²) >= 11 is 0. The van der Waals surface area contributed by atoms with Crippen molar-refractivity contribution in [3.63, 3.8) is 0 Å². The van der Waals surface area contributed by atoms with Gasteiger partial charge >= 0.3 is 0 Å². The Morgan fingerprint density at radius 2 is 1.62 bits per heavy atom. The van der Waals surface area contributed by atoms with Gasteiger partial charge in [0.1, 0.15) is 6.29 Å². The van der Waals surface area contributed by atoms with Crippen LogP contribution in [0.2, 0.25) is 25.7 Å². The summed E-state index contributed by atoms with van der Waals surface area (Å²) in [7, 11) is -0.876. The predicted octanol–water partition coefficient (Wildman–Crippen LogP) is 3.64. The summed E-state index contributed by atoms with van der Waals surface area (Å²) in [6.07, 6.45) is 9.64. The van der Waals surface area contributed by atoms with Gasteiger partial charge in [-0.15, -0.1) is 0 Å². The van der Waals surface area contributed by atoms with Gasteiger partial charge in [0.05, 0.1) is 0 Å². The number of unbranched alkanes of at least 4 members (excludes halogenated alkanes) is 3. The van der Waals surface area contributed by atoms with Crippen molar-refractivity contribution in [2.24, 2.45) is 0 Å². The highest BCUT2D eigenvalue weighted by atomic mass is 28.3. The molecule has 0 heterocycles. The van der Waals surface area contributed by atoms with Crippen LogP contribution in [0, 0.1) is 0 Å². The number of rotatable bonds is 7. The first-order valence-corrected chi connectivity index (χ1v) is 8.85. The molecule has 0 aliphatic rings. The first-order valence-electron chi connectivity index (χ1n) is 5.15. The lowest BCUT2D eigenvalue weighted by Gasteiger charge is -2.11. The van der Waals surface area contributed by atoms with Gasteiger partial charge in [-0.3, -0.25) is 0 Å². The van der Waals surface area contributed by atoms with Crippen molar-refractivity contribution in [2.75, 3.05) is 0 Å². The topological polar surface area (TPSA) is 17.1 Å². The van der Waals surface area contributed by atoms with E-state index < -0.39 is 8.07 Å². The van der Waals surface area contributed by atoms with Crippen molar-refractivity contribution in [2.45, 2.75) is 51.4 Å². The highest BCUT2D eigenvalue weighted by molar-refractivity contribution is 6.76. The maximum absolute atomic E-state index is 10.0. The number of carbonyl (C=O) groups excluding carboxylic acids is 1. The highest BCUT2D eigenvalue weighted by Crippen LogP contribution is 2.09. The number of carbonyl (C=O) groups is 1. The fourth-order valence-corrected chi connectivity index (χ4v) is 1.92. The van der Waals surface area contributed by atoms with Crippen molar-refractivity contribution in [1.29, 1.82) is 0 Å². The van der Waals surface area contributed by atoms with Gasteiger partial charge in [-0.1, -0.05) is 31.8 Å². The lowest BCUT2D eigenvalue weighted by Crippen LogP contribution is -2.17. The molecule has 0 aliphatic carbocycles. The molecular weight excluding hydrogens is 176 g/mol. The van der Waals surface area contributed by atoms with Gasteiger partial charge in [0, 0.05) is 14.5 Å². The van der Waals surface area contributed by atoms with Crippen LogP contribution in [0.4, 0.5) is 0 Å². The zero-order valence-electron chi connectivity index (χ0n) is 9.18. The van der Waals surface area contributed by atoms with Crippen molar-refractivity contribution in [3.8, 4) is 0 Å². The molecule has 1 nitrogen and oxygen atoms in total. The Morgan fingerprint density at radius 1 is 1.00 bits per heavy atom. The molecule has 0 saturated carbocycles. The third kappa shape index (κ3) is 11.6. The van der Waals surface area contributed by atoms with E-state index in [0.717, 1.165) is 32.0 Å². The minimum Gasteiger partial charge on any atom is -0.303 e. The van der Waals surface area contributed by atoms with Gasteiger partial charge < -0.3 is 4.79 Å². The quantitative estimate of drug-likeness (QED) is 0.264. The van der Waals surface area contributed by atoms with Crippen LogP contribution in [0.1, 0.15) is 25.7 Å². The summed E-state index contributed by atoms with van der Waals surface area (Å²) in [5, 5.41) is 0. The van der Waals surface area contributed by atoms with E-state index in [1.54, 1.807) is 0 Å². The van der Waals surface area contributed by atoms with Crippen LogP contribution >= 0.6 is 0 Å². The molecule has 0 bridgehead atoms. The molecule has 0 aliphatic heterocycles. The Hall–Kier alpha value is -0.373. The second-order valence-electron chi connectivity index (χ2n) is 4.69. The predicted molar refractivity (Wildman–Crippen MR) is 61.8 cm³/mol. The number of allylic oxidation sites excluding steroid dienone is 2. The van der Waals surface area contributed by atoms with E-state index in [0.29, 0.717) is 0 Å². The molecule has 0 atom stereocenters. The average molecular weight is 198 g/mol. The maximum Gasteiger partial charge on any atom is 0.119 e. The van der Waals surface area contributed by atoms with Crippen molar-refractivity contribution >= 4 is 14.4 Å². The van der Waals surface area contributed by atoms with Gasteiger partial charge in [0.15, 0.2) is 0 Å². The minimum atomic E-state index is -0.876. The molecule has 0 unspecified atom stereocenters. The average Bonchev–Trinajstić information content (AvgIpc) is 2.01. The number of aldehydes is 1. The molecule has 0 spiro atoms. The van der Waals surface area contributed by atoms with E-state index in [1.165, 1.54) is 6.04 Å². The van der Waals surface area contributed by atoms with Crippen LogP contribution in [-0.4, -0.2) is 14.4 Å². The second kappa shape index (κ2) is 7.07. The molecule has 0 rings (SSSR count). The van der Waals surface area contributed by atoms with Crippen LogP contribution in [0.25, 0.3) is 0 Å². The van der Waals surface area contributed by atoms with Crippen molar-refractivity contribution < 1.29 is 4.79 Å². The monoisotopic (exact) mass is 198 g/mol. The second-order valence-corrected chi connectivity index (χ2v) is 10.2. The Bertz CT molecular complexity index is 156. The zero-order chi connectivity index (χ0) is 10.2. The van der Waals surface area contributed by atoms with Gasteiger partial charge in [-0.05, 0) is 25.3 Å². The lowest BCUT2D eigenvalue weighted by molar-refractivity contribution is -0.107. The van der Waals surface area contributed by atoms with E-state index in [2.05, 4.69) is 31.8 Å². The molecular formula is C11H22OSi. The molecule has 0 aromatic heterocycles. The van der Waals surface area contributed by atoms with E-state index in [4.69, 9.17) is 0 Å². The first kappa shape index (κ1) is 12.6. The van der Waals surface area contributed by atoms with Crippen LogP contribution < -0.4 is 0 Å². The number of hydrogen-bond donors (Lipinski definition) is 0. The summed E-state index contributed by atoms with van der Waals surface area (Å²) < 4.78 is 0. The van der Waals surface area contributed by atoms with Crippen molar-refractivity contribution in [1.82, 2.24) is 0 Å². The molecule has 0 radical (unpaired) electrons. The molecule has 0 saturated heterocycles. The summed E-state index contributed by atoms with van der Waals surface area (Å²) in [5.41, 5.74) is 0. The number of hydrogen-bond acceptors (Lipinski definition) is 1.